The van der Waals surface area contributed by atoms with Crippen molar-refractivity contribution in [1.82, 2.24) is 14.9 Å². The minimum Gasteiger partial charge on any atom is -0.467 e. The molecule has 3 aromatic heterocycles. The Labute approximate surface area is 171 Å². The van der Waals surface area contributed by atoms with Gasteiger partial charge in [0, 0.05) is 34.9 Å². The van der Waals surface area contributed by atoms with Gasteiger partial charge >= 0.3 is 0 Å². The molecule has 0 saturated heterocycles. The lowest BCUT2D eigenvalue weighted by Gasteiger charge is -2.20. The minimum atomic E-state index is -0.162. The van der Waals surface area contributed by atoms with E-state index < -0.39 is 0 Å². The van der Waals surface area contributed by atoms with Crippen molar-refractivity contribution in [3.8, 4) is 10.6 Å². The molecule has 28 heavy (non-hydrogen) atoms. The third-order valence-electron chi connectivity index (χ3n) is 4.11. The second kappa shape index (κ2) is 8.37. The first-order valence-corrected chi connectivity index (χ1v) is 9.87. The van der Waals surface area contributed by atoms with Crippen LogP contribution in [0.15, 0.2) is 77.0 Å². The summed E-state index contributed by atoms with van der Waals surface area (Å²) in [5, 5.41) is 3.17. The average molecular weight is 410 g/mol. The monoisotopic (exact) mass is 409 g/mol. The minimum absolute atomic E-state index is 0.162. The molecule has 1 aromatic carbocycles. The molecule has 0 aliphatic carbocycles. The number of aromatic nitrogens is 2. The van der Waals surface area contributed by atoms with Crippen molar-refractivity contribution in [3.63, 3.8) is 0 Å². The lowest BCUT2D eigenvalue weighted by Crippen LogP contribution is -2.30. The van der Waals surface area contributed by atoms with Crippen molar-refractivity contribution in [3.05, 3.63) is 94.6 Å². The second-order valence-corrected chi connectivity index (χ2v) is 7.44. The normalized spacial score (nSPS) is 10.8. The lowest BCUT2D eigenvalue weighted by molar-refractivity contribution is 0.0712. The Balaban J connectivity index is 1.59. The molecule has 0 N–H and O–H groups in total. The molecule has 1 amide bonds. The van der Waals surface area contributed by atoms with E-state index in [4.69, 9.17) is 16.0 Å². The third-order valence-corrected chi connectivity index (χ3v) is 5.23. The molecule has 0 fully saturated rings. The Morgan fingerprint density at radius 1 is 1.14 bits per heavy atom. The first-order valence-electron chi connectivity index (χ1n) is 8.61. The number of halogens is 1. The van der Waals surface area contributed by atoms with Crippen LogP contribution in [0.25, 0.3) is 10.6 Å². The molecular formula is C21H16ClN3O2S. The summed E-state index contributed by atoms with van der Waals surface area (Å²) in [5.74, 6) is 0.548. The van der Waals surface area contributed by atoms with Crippen LogP contribution in [0.4, 0.5) is 0 Å². The molecular weight excluding hydrogens is 394 g/mol. The fraction of sp³-hybridized carbons (Fsp3) is 0.0952. The molecule has 0 spiro atoms. The van der Waals surface area contributed by atoms with Crippen molar-refractivity contribution >= 4 is 28.8 Å². The summed E-state index contributed by atoms with van der Waals surface area (Å²) in [5.41, 5.74) is 2.23. The van der Waals surface area contributed by atoms with E-state index in [0.29, 0.717) is 29.6 Å². The Morgan fingerprint density at radius 2 is 2.07 bits per heavy atom. The van der Waals surface area contributed by atoms with Crippen molar-refractivity contribution in [2.75, 3.05) is 0 Å². The number of hydrogen-bond acceptors (Lipinski definition) is 5. The third kappa shape index (κ3) is 4.30. The number of amides is 1. The molecule has 0 aliphatic heterocycles. The molecule has 0 aliphatic rings. The van der Waals surface area contributed by atoms with Gasteiger partial charge in [-0.05, 0) is 35.9 Å². The summed E-state index contributed by atoms with van der Waals surface area (Å²) >= 11 is 7.49. The van der Waals surface area contributed by atoms with Gasteiger partial charge in [-0.3, -0.25) is 9.78 Å². The van der Waals surface area contributed by atoms with Crippen molar-refractivity contribution in [2.24, 2.45) is 0 Å². The predicted molar refractivity (Wildman–Crippen MR) is 109 cm³/mol. The van der Waals surface area contributed by atoms with Crippen LogP contribution >= 0.6 is 22.9 Å². The van der Waals surface area contributed by atoms with Crippen molar-refractivity contribution in [2.45, 2.75) is 13.1 Å². The Bertz CT molecular complexity index is 1060. The van der Waals surface area contributed by atoms with E-state index in [1.165, 1.54) is 11.3 Å². The lowest BCUT2D eigenvalue weighted by atomic mass is 10.2. The molecule has 3 heterocycles. The number of furan rings is 1. The highest BCUT2D eigenvalue weighted by atomic mass is 35.5. The summed E-state index contributed by atoms with van der Waals surface area (Å²) in [4.78, 5) is 23.5. The van der Waals surface area contributed by atoms with Gasteiger partial charge in [-0.1, -0.05) is 29.8 Å². The zero-order valence-electron chi connectivity index (χ0n) is 14.8. The fourth-order valence-electron chi connectivity index (χ4n) is 2.79. The molecule has 140 valence electrons. The molecule has 0 radical (unpaired) electrons. The molecule has 0 saturated carbocycles. The van der Waals surface area contributed by atoms with E-state index in [-0.39, 0.29) is 5.91 Å². The van der Waals surface area contributed by atoms with E-state index in [9.17, 15) is 4.79 Å². The smallest absolute Gasteiger partial charge is 0.274 e. The van der Waals surface area contributed by atoms with Crippen LogP contribution in [0, 0.1) is 0 Å². The van der Waals surface area contributed by atoms with Crippen LogP contribution in [0.5, 0.6) is 0 Å². The molecule has 7 heteroatoms. The summed E-state index contributed by atoms with van der Waals surface area (Å²) in [6, 6.07) is 14.9. The highest BCUT2D eigenvalue weighted by Crippen LogP contribution is 2.27. The number of pyridine rings is 1. The second-order valence-electron chi connectivity index (χ2n) is 6.15. The highest BCUT2D eigenvalue weighted by Gasteiger charge is 2.21. The Morgan fingerprint density at radius 3 is 2.82 bits per heavy atom. The number of benzene rings is 1. The number of nitrogens with zero attached hydrogens (tertiary/aromatic N) is 3. The average Bonchev–Trinajstić information content (AvgIpc) is 3.40. The van der Waals surface area contributed by atoms with Gasteiger partial charge in [0.25, 0.3) is 5.91 Å². The first kappa shape index (κ1) is 18.4. The molecule has 5 nitrogen and oxygen atoms in total. The molecule has 4 aromatic rings. The van der Waals surface area contributed by atoms with Crippen LogP contribution in [0.2, 0.25) is 5.02 Å². The van der Waals surface area contributed by atoms with Gasteiger partial charge in [-0.15, -0.1) is 11.3 Å². The van der Waals surface area contributed by atoms with Crippen LogP contribution in [0.3, 0.4) is 0 Å². The van der Waals surface area contributed by atoms with Gasteiger partial charge < -0.3 is 9.32 Å². The number of carbonyl (C=O) groups is 1. The van der Waals surface area contributed by atoms with Crippen LogP contribution in [-0.2, 0) is 13.1 Å². The first-order chi connectivity index (χ1) is 13.7. The molecule has 0 unspecified atom stereocenters. The van der Waals surface area contributed by atoms with Crippen LogP contribution < -0.4 is 0 Å². The van der Waals surface area contributed by atoms with E-state index >= 15 is 0 Å². The van der Waals surface area contributed by atoms with Gasteiger partial charge in [0.2, 0.25) is 0 Å². The summed E-state index contributed by atoms with van der Waals surface area (Å²) < 4.78 is 5.43. The Kier molecular flexibility index (Phi) is 5.50. The highest BCUT2D eigenvalue weighted by molar-refractivity contribution is 7.13. The number of hydrogen-bond donors (Lipinski definition) is 0. The van der Waals surface area contributed by atoms with Crippen LogP contribution in [0.1, 0.15) is 21.8 Å². The van der Waals surface area contributed by atoms with Gasteiger partial charge in [0.1, 0.15) is 16.5 Å². The van der Waals surface area contributed by atoms with E-state index in [2.05, 4.69) is 9.97 Å². The number of thiazole rings is 1. The standard InChI is InChI=1S/C21H16ClN3O2S/c22-17-6-1-5-16(10-17)20-24-19(14-28-20)21(26)25(13-18-7-3-9-27-18)12-15-4-2-8-23-11-15/h1-11,14H,12-13H2. The van der Waals surface area contributed by atoms with Crippen LogP contribution in [-0.4, -0.2) is 20.8 Å². The number of rotatable bonds is 6. The quantitative estimate of drug-likeness (QED) is 0.434. The van der Waals surface area contributed by atoms with E-state index in [1.54, 1.807) is 28.9 Å². The number of carbonyl (C=O) groups excluding carboxylic acids is 1. The molecule has 4 rings (SSSR count). The summed E-state index contributed by atoms with van der Waals surface area (Å²) in [7, 11) is 0. The largest absolute Gasteiger partial charge is 0.467 e. The van der Waals surface area contributed by atoms with Gasteiger partial charge in [0.15, 0.2) is 0 Å². The fourth-order valence-corrected chi connectivity index (χ4v) is 3.77. The molecule has 0 atom stereocenters. The maximum absolute atomic E-state index is 13.2. The summed E-state index contributed by atoms with van der Waals surface area (Å²) in [6.07, 6.45) is 5.06. The van der Waals surface area contributed by atoms with E-state index in [1.807, 2.05) is 48.5 Å². The maximum Gasteiger partial charge on any atom is 0.274 e. The van der Waals surface area contributed by atoms with Gasteiger partial charge in [0.05, 0.1) is 12.8 Å². The molecule has 0 bridgehead atoms. The summed E-state index contributed by atoms with van der Waals surface area (Å²) in [6.45, 7) is 0.766. The Hall–Kier alpha value is -2.96. The van der Waals surface area contributed by atoms with E-state index in [0.717, 1.165) is 16.1 Å². The topological polar surface area (TPSA) is 59.2 Å². The zero-order chi connectivity index (χ0) is 19.3. The van der Waals surface area contributed by atoms with Crippen molar-refractivity contribution in [1.29, 1.82) is 0 Å². The predicted octanol–water partition coefficient (Wildman–Crippen LogP) is 5.29. The van der Waals surface area contributed by atoms with Crippen molar-refractivity contribution < 1.29 is 9.21 Å². The van der Waals surface area contributed by atoms with Gasteiger partial charge in [-0.2, -0.15) is 0 Å². The maximum atomic E-state index is 13.2. The zero-order valence-corrected chi connectivity index (χ0v) is 16.4. The van der Waals surface area contributed by atoms with Gasteiger partial charge in [-0.25, -0.2) is 4.98 Å². The SMILES string of the molecule is O=C(c1csc(-c2cccc(Cl)c2)n1)N(Cc1cccnc1)Cc1ccco1.